The molecule has 2 aromatic carbocycles. The van der Waals surface area contributed by atoms with E-state index >= 15 is 0 Å². The van der Waals surface area contributed by atoms with Crippen LogP contribution in [0.15, 0.2) is 36.4 Å². The van der Waals surface area contributed by atoms with Gasteiger partial charge in [-0.15, -0.1) is 0 Å². The number of hydrogen-bond donors (Lipinski definition) is 1. The van der Waals surface area contributed by atoms with Crippen LogP contribution in [0.2, 0.25) is 5.02 Å². The Labute approximate surface area is 165 Å². The van der Waals surface area contributed by atoms with Crippen molar-refractivity contribution in [3.05, 3.63) is 58.1 Å². The van der Waals surface area contributed by atoms with Crippen LogP contribution in [0.25, 0.3) is 0 Å². The number of amides is 2. The summed E-state index contributed by atoms with van der Waals surface area (Å²) >= 11 is 6.04. The SMILES string of the molecule is CCc1cccc(CC)c1N1C[C@H](C(=O)Nc2cc(Cl)ccc2C)CC1=O. The van der Waals surface area contributed by atoms with Crippen molar-refractivity contribution in [2.75, 3.05) is 16.8 Å². The topological polar surface area (TPSA) is 49.4 Å². The minimum Gasteiger partial charge on any atom is -0.325 e. The fourth-order valence-electron chi connectivity index (χ4n) is 3.62. The van der Waals surface area contributed by atoms with Crippen LogP contribution in [0.3, 0.4) is 0 Å². The summed E-state index contributed by atoms with van der Waals surface area (Å²) in [4.78, 5) is 27.3. The average molecular weight is 385 g/mol. The second kappa shape index (κ2) is 8.13. The zero-order valence-corrected chi connectivity index (χ0v) is 16.8. The molecule has 1 heterocycles. The van der Waals surface area contributed by atoms with Crippen molar-refractivity contribution in [2.45, 2.75) is 40.0 Å². The predicted octanol–water partition coefficient (Wildman–Crippen LogP) is 4.76. The molecule has 4 nitrogen and oxygen atoms in total. The quantitative estimate of drug-likeness (QED) is 0.807. The van der Waals surface area contributed by atoms with Gasteiger partial charge in [0.2, 0.25) is 11.8 Å². The molecule has 1 atom stereocenters. The lowest BCUT2D eigenvalue weighted by atomic mass is 10.0. The van der Waals surface area contributed by atoms with Crippen LogP contribution in [0.5, 0.6) is 0 Å². The average Bonchev–Trinajstić information content (AvgIpc) is 3.05. The van der Waals surface area contributed by atoms with E-state index in [-0.39, 0.29) is 24.2 Å². The molecule has 1 aliphatic rings. The van der Waals surface area contributed by atoms with Crippen molar-refractivity contribution >= 4 is 34.8 Å². The maximum absolute atomic E-state index is 12.8. The number of rotatable bonds is 5. The van der Waals surface area contributed by atoms with E-state index in [1.54, 1.807) is 17.0 Å². The number of benzene rings is 2. The van der Waals surface area contributed by atoms with Gasteiger partial charge in [-0.05, 0) is 48.6 Å². The normalized spacial score (nSPS) is 16.7. The van der Waals surface area contributed by atoms with Gasteiger partial charge in [-0.2, -0.15) is 0 Å². The van der Waals surface area contributed by atoms with Crippen LogP contribution in [-0.2, 0) is 22.4 Å². The second-order valence-corrected chi connectivity index (χ2v) is 7.42. The number of anilines is 2. The molecule has 5 heteroatoms. The van der Waals surface area contributed by atoms with Crippen LogP contribution in [0, 0.1) is 12.8 Å². The third kappa shape index (κ3) is 4.01. The van der Waals surface area contributed by atoms with Crippen LogP contribution in [0.4, 0.5) is 11.4 Å². The third-order valence-electron chi connectivity index (χ3n) is 5.19. The van der Waals surface area contributed by atoms with E-state index in [1.165, 1.54) is 0 Å². The number of nitrogens with zero attached hydrogens (tertiary/aromatic N) is 1. The molecular weight excluding hydrogens is 360 g/mol. The van der Waals surface area contributed by atoms with Crippen molar-refractivity contribution in [1.29, 1.82) is 0 Å². The molecule has 27 heavy (non-hydrogen) atoms. The first kappa shape index (κ1) is 19.4. The fraction of sp³-hybridized carbons (Fsp3) is 0.364. The zero-order chi connectivity index (χ0) is 19.6. The number of halogens is 1. The number of para-hydroxylation sites is 1. The Morgan fingerprint density at radius 3 is 2.48 bits per heavy atom. The smallest absolute Gasteiger partial charge is 0.229 e. The molecule has 1 N–H and O–H groups in total. The van der Waals surface area contributed by atoms with Gasteiger partial charge in [-0.25, -0.2) is 0 Å². The van der Waals surface area contributed by atoms with Gasteiger partial charge in [0, 0.05) is 29.4 Å². The Balaban J connectivity index is 1.82. The van der Waals surface area contributed by atoms with E-state index in [4.69, 9.17) is 11.6 Å². The largest absolute Gasteiger partial charge is 0.325 e. The summed E-state index contributed by atoms with van der Waals surface area (Å²) in [7, 11) is 0. The lowest BCUT2D eigenvalue weighted by Gasteiger charge is -2.23. The Kier molecular flexibility index (Phi) is 5.85. The van der Waals surface area contributed by atoms with Crippen molar-refractivity contribution < 1.29 is 9.59 Å². The Morgan fingerprint density at radius 2 is 1.85 bits per heavy atom. The molecule has 0 saturated carbocycles. The van der Waals surface area contributed by atoms with Crippen LogP contribution < -0.4 is 10.2 Å². The minimum absolute atomic E-state index is 0.00793. The predicted molar refractivity (Wildman–Crippen MR) is 110 cm³/mol. The zero-order valence-electron chi connectivity index (χ0n) is 16.0. The van der Waals surface area contributed by atoms with Gasteiger partial charge in [-0.3, -0.25) is 9.59 Å². The molecule has 142 valence electrons. The fourth-order valence-corrected chi connectivity index (χ4v) is 3.80. The Hall–Kier alpha value is -2.33. The van der Waals surface area contributed by atoms with Crippen LogP contribution in [0.1, 0.15) is 37.0 Å². The first-order valence-corrected chi connectivity index (χ1v) is 9.80. The molecule has 0 spiro atoms. The maximum atomic E-state index is 12.8. The summed E-state index contributed by atoms with van der Waals surface area (Å²) in [5, 5.41) is 3.51. The molecule has 0 aromatic heterocycles. The Morgan fingerprint density at radius 1 is 1.19 bits per heavy atom. The van der Waals surface area contributed by atoms with E-state index < -0.39 is 0 Å². The van der Waals surface area contributed by atoms with E-state index in [1.807, 2.05) is 19.1 Å². The van der Waals surface area contributed by atoms with E-state index in [2.05, 4.69) is 31.3 Å². The van der Waals surface area contributed by atoms with Gasteiger partial charge in [-0.1, -0.05) is 49.7 Å². The van der Waals surface area contributed by atoms with Crippen molar-refractivity contribution in [2.24, 2.45) is 5.92 Å². The van der Waals surface area contributed by atoms with E-state index in [9.17, 15) is 9.59 Å². The summed E-state index contributed by atoms with van der Waals surface area (Å²) in [5.41, 5.74) is 4.92. The molecule has 1 saturated heterocycles. The summed E-state index contributed by atoms with van der Waals surface area (Å²) in [6, 6.07) is 11.6. The molecule has 1 aliphatic heterocycles. The summed E-state index contributed by atoms with van der Waals surface area (Å²) in [6.45, 7) is 6.51. The van der Waals surface area contributed by atoms with E-state index in [0.29, 0.717) is 17.3 Å². The van der Waals surface area contributed by atoms with Crippen molar-refractivity contribution in [1.82, 2.24) is 0 Å². The highest BCUT2D eigenvalue weighted by Gasteiger charge is 2.36. The summed E-state index contributed by atoms with van der Waals surface area (Å²) in [6.07, 6.45) is 1.93. The van der Waals surface area contributed by atoms with Crippen molar-refractivity contribution in [3.8, 4) is 0 Å². The second-order valence-electron chi connectivity index (χ2n) is 6.99. The van der Waals surface area contributed by atoms with Crippen molar-refractivity contribution in [3.63, 3.8) is 0 Å². The molecule has 0 radical (unpaired) electrons. The molecule has 0 unspecified atom stereocenters. The monoisotopic (exact) mass is 384 g/mol. The highest BCUT2D eigenvalue weighted by Crippen LogP contribution is 2.33. The van der Waals surface area contributed by atoms with E-state index in [0.717, 1.165) is 35.2 Å². The lowest BCUT2D eigenvalue weighted by Crippen LogP contribution is -2.29. The standard InChI is InChI=1S/C22H25ClN2O2/c1-4-15-7-6-8-16(5-2)21(15)25-13-17(11-20(25)26)22(27)24-19-12-18(23)10-9-14(19)3/h6-10,12,17H,4-5,11,13H2,1-3H3,(H,24,27)/t17-/m1/s1. The first-order chi connectivity index (χ1) is 12.9. The number of nitrogens with one attached hydrogen (secondary N) is 1. The molecular formula is C22H25ClN2O2. The van der Waals surface area contributed by atoms with Gasteiger partial charge in [0.25, 0.3) is 0 Å². The molecule has 2 aromatic rings. The molecule has 1 fully saturated rings. The summed E-state index contributed by atoms with van der Waals surface area (Å²) in [5.74, 6) is -0.498. The summed E-state index contributed by atoms with van der Waals surface area (Å²) < 4.78 is 0. The minimum atomic E-state index is -0.370. The molecule has 2 amide bonds. The highest BCUT2D eigenvalue weighted by molar-refractivity contribution is 6.31. The Bertz CT molecular complexity index is 856. The number of aryl methyl sites for hydroxylation is 3. The van der Waals surface area contributed by atoms with Gasteiger partial charge >= 0.3 is 0 Å². The van der Waals surface area contributed by atoms with Gasteiger partial charge in [0.15, 0.2) is 0 Å². The van der Waals surface area contributed by atoms with Gasteiger partial charge in [0.05, 0.1) is 5.92 Å². The lowest BCUT2D eigenvalue weighted by molar-refractivity contribution is -0.122. The number of hydrogen-bond acceptors (Lipinski definition) is 2. The number of carbonyl (C=O) groups excluding carboxylic acids is 2. The molecule has 0 aliphatic carbocycles. The van der Waals surface area contributed by atoms with Gasteiger partial charge < -0.3 is 10.2 Å². The molecule has 0 bridgehead atoms. The van der Waals surface area contributed by atoms with Crippen LogP contribution >= 0.6 is 11.6 Å². The maximum Gasteiger partial charge on any atom is 0.229 e. The van der Waals surface area contributed by atoms with Gasteiger partial charge in [0.1, 0.15) is 0 Å². The third-order valence-corrected chi connectivity index (χ3v) is 5.42. The van der Waals surface area contributed by atoms with Crippen LogP contribution in [-0.4, -0.2) is 18.4 Å². The molecule has 3 rings (SSSR count). The highest BCUT2D eigenvalue weighted by atomic mass is 35.5. The number of carbonyl (C=O) groups is 2. The first-order valence-electron chi connectivity index (χ1n) is 9.42.